The SMILES string of the molecule is COCCNC(=O)CN1CCN(C(=O)c2ccc(COC)cc2)CC1. The van der Waals surface area contributed by atoms with Gasteiger partial charge in [0.1, 0.15) is 0 Å². The minimum atomic E-state index is -0.00874. The number of rotatable bonds is 8. The van der Waals surface area contributed by atoms with E-state index in [1.165, 1.54) is 0 Å². The predicted octanol–water partition coefficient (Wildman–Crippen LogP) is 0.353. The molecule has 2 amide bonds. The smallest absolute Gasteiger partial charge is 0.253 e. The van der Waals surface area contributed by atoms with Gasteiger partial charge in [0.05, 0.1) is 19.8 Å². The maximum absolute atomic E-state index is 12.6. The second-order valence-corrected chi connectivity index (χ2v) is 6.04. The predicted molar refractivity (Wildman–Crippen MR) is 94.4 cm³/mol. The van der Waals surface area contributed by atoms with E-state index in [0.29, 0.717) is 58.0 Å². The summed E-state index contributed by atoms with van der Waals surface area (Å²) in [5.41, 5.74) is 1.73. The molecular formula is C18H27N3O4. The Morgan fingerprint density at radius 3 is 2.32 bits per heavy atom. The van der Waals surface area contributed by atoms with E-state index >= 15 is 0 Å². The van der Waals surface area contributed by atoms with E-state index < -0.39 is 0 Å². The second kappa shape index (κ2) is 10.1. The Kier molecular flexibility index (Phi) is 7.84. The number of piperazine rings is 1. The van der Waals surface area contributed by atoms with Crippen LogP contribution in [0, 0.1) is 0 Å². The summed E-state index contributed by atoms with van der Waals surface area (Å²) >= 11 is 0. The lowest BCUT2D eigenvalue weighted by atomic mass is 10.1. The van der Waals surface area contributed by atoms with Crippen molar-refractivity contribution in [1.82, 2.24) is 15.1 Å². The number of nitrogens with zero attached hydrogens (tertiary/aromatic N) is 2. The van der Waals surface area contributed by atoms with Crippen molar-refractivity contribution >= 4 is 11.8 Å². The van der Waals surface area contributed by atoms with Gasteiger partial charge >= 0.3 is 0 Å². The molecule has 0 bridgehead atoms. The van der Waals surface area contributed by atoms with E-state index in [4.69, 9.17) is 9.47 Å². The first kappa shape index (κ1) is 19.4. The molecule has 1 aromatic rings. The van der Waals surface area contributed by atoms with Crippen molar-refractivity contribution in [2.24, 2.45) is 0 Å². The summed E-state index contributed by atoms with van der Waals surface area (Å²) in [5, 5.41) is 2.81. The quantitative estimate of drug-likeness (QED) is 0.686. The summed E-state index contributed by atoms with van der Waals surface area (Å²) in [6, 6.07) is 7.51. The number of hydrogen-bond acceptors (Lipinski definition) is 5. The summed E-state index contributed by atoms with van der Waals surface area (Å²) in [5.74, 6) is 0.0266. The fourth-order valence-corrected chi connectivity index (χ4v) is 2.75. The van der Waals surface area contributed by atoms with Crippen molar-refractivity contribution in [2.45, 2.75) is 6.61 Å². The highest BCUT2D eigenvalue weighted by molar-refractivity contribution is 5.94. The highest BCUT2D eigenvalue weighted by Crippen LogP contribution is 2.11. The third kappa shape index (κ3) is 6.12. The van der Waals surface area contributed by atoms with Crippen molar-refractivity contribution in [3.63, 3.8) is 0 Å². The van der Waals surface area contributed by atoms with Crippen LogP contribution in [0.2, 0.25) is 0 Å². The Morgan fingerprint density at radius 2 is 1.72 bits per heavy atom. The molecule has 0 unspecified atom stereocenters. The second-order valence-electron chi connectivity index (χ2n) is 6.04. The van der Waals surface area contributed by atoms with E-state index in [1.807, 2.05) is 29.2 Å². The number of methoxy groups -OCH3 is 2. The van der Waals surface area contributed by atoms with Gasteiger partial charge < -0.3 is 19.7 Å². The van der Waals surface area contributed by atoms with Gasteiger partial charge in [-0.3, -0.25) is 14.5 Å². The molecular weight excluding hydrogens is 322 g/mol. The van der Waals surface area contributed by atoms with Crippen LogP contribution in [0.15, 0.2) is 24.3 Å². The molecule has 0 spiro atoms. The molecule has 1 aliphatic heterocycles. The normalized spacial score (nSPS) is 15.2. The summed E-state index contributed by atoms with van der Waals surface area (Å²) in [7, 11) is 3.25. The Hall–Kier alpha value is -1.96. The molecule has 2 rings (SSSR count). The van der Waals surface area contributed by atoms with E-state index in [9.17, 15) is 9.59 Å². The van der Waals surface area contributed by atoms with Crippen molar-refractivity contribution in [3.05, 3.63) is 35.4 Å². The third-order valence-electron chi connectivity index (χ3n) is 4.17. The van der Waals surface area contributed by atoms with Crippen LogP contribution in [-0.4, -0.2) is 81.7 Å². The summed E-state index contributed by atoms with van der Waals surface area (Å²) in [4.78, 5) is 28.3. The van der Waals surface area contributed by atoms with Gasteiger partial charge in [-0.15, -0.1) is 0 Å². The number of hydrogen-bond donors (Lipinski definition) is 1. The van der Waals surface area contributed by atoms with Crippen molar-refractivity contribution < 1.29 is 19.1 Å². The van der Waals surface area contributed by atoms with Crippen LogP contribution in [0.3, 0.4) is 0 Å². The largest absolute Gasteiger partial charge is 0.383 e. The monoisotopic (exact) mass is 349 g/mol. The molecule has 1 saturated heterocycles. The van der Waals surface area contributed by atoms with Gasteiger partial charge in [-0.25, -0.2) is 0 Å². The standard InChI is InChI=1S/C18H27N3O4/c1-24-12-7-19-17(22)13-20-8-10-21(11-9-20)18(23)16-5-3-15(4-6-16)14-25-2/h3-6H,7-14H2,1-2H3,(H,19,22). The van der Waals surface area contributed by atoms with Crippen LogP contribution in [0.4, 0.5) is 0 Å². The fourth-order valence-electron chi connectivity index (χ4n) is 2.75. The summed E-state index contributed by atoms with van der Waals surface area (Å²) in [6.45, 7) is 4.59. The molecule has 0 radical (unpaired) electrons. The number of carbonyl (C=O) groups is 2. The first-order valence-electron chi connectivity index (χ1n) is 8.49. The fraction of sp³-hybridized carbons (Fsp3) is 0.556. The molecule has 0 atom stereocenters. The highest BCUT2D eigenvalue weighted by Gasteiger charge is 2.23. The molecule has 25 heavy (non-hydrogen) atoms. The highest BCUT2D eigenvalue weighted by atomic mass is 16.5. The molecule has 0 saturated carbocycles. The molecule has 7 nitrogen and oxygen atoms in total. The van der Waals surface area contributed by atoms with Crippen LogP contribution in [0.25, 0.3) is 0 Å². The number of amides is 2. The van der Waals surface area contributed by atoms with Crippen molar-refractivity contribution in [1.29, 1.82) is 0 Å². The van der Waals surface area contributed by atoms with Crippen molar-refractivity contribution in [2.75, 3.05) is 60.1 Å². The maximum Gasteiger partial charge on any atom is 0.253 e. The molecule has 1 N–H and O–H groups in total. The van der Waals surface area contributed by atoms with Crippen LogP contribution in [-0.2, 0) is 20.9 Å². The number of carbonyl (C=O) groups excluding carboxylic acids is 2. The van der Waals surface area contributed by atoms with E-state index in [2.05, 4.69) is 10.2 Å². The minimum Gasteiger partial charge on any atom is -0.383 e. The molecule has 0 aromatic heterocycles. The van der Waals surface area contributed by atoms with Gasteiger partial charge in [-0.2, -0.15) is 0 Å². The first-order valence-corrected chi connectivity index (χ1v) is 8.49. The van der Waals surface area contributed by atoms with Crippen LogP contribution in [0.1, 0.15) is 15.9 Å². The first-order chi connectivity index (χ1) is 12.1. The molecule has 0 aliphatic carbocycles. The topological polar surface area (TPSA) is 71.1 Å². The maximum atomic E-state index is 12.6. The Bertz CT molecular complexity index is 554. The molecule has 1 heterocycles. The van der Waals surface area contributed by atoms with Gasteiger partial charge in [0, 0.05) is 52.5 Å². The van der Waals surface area contributed by atoms with Crippen LogP contribution in [0.5, 0.6) is 0 Å². The molecule has 7 heteroatoms. The van der Waals surface area contributed by atoms with Crippen LogP contribution >= 0.6 is 0 Å². The van der Waals surface area contributed by atoms with E-state index in [0.717, 1.165) is 5.56 Å². The zero-order chi connectivity index (χ0) is 18.1. The number of benzene rings is 1. The molecule has 1 aliphatic rings. The lowest BCUT2D eigenvalue weighted by Crippen LogP contribution is -2.51. The molecule has 1 aromatic carbocycles. The van der Waals surface area contributed by atoms with Gasteiger partial charge in [-0.1, -0.05) is 12.1 Å². The van der Waals surface area contributed by atoms with Gasteiger partial charge in [0.2, 0.25) is 5.91 Å². The minimum absolute atomic E-state index is 0.00874. The summed E-state index contributed by atoms with van der Waals surface area (Å²) in [6.07, 6.45) is 0. The average Bonchev–Trinajstić information content (AvgIpc) is 2.63. The number of nitrogens with one attached hydrogen (secondary N) is 1. The Labute approximate surface area is 148 Å². The molecule has 1 fully saturated rings. The summed E-state index contributed by atoms with van der Waals surface area (Å²) < 4.78 is 9.98. The lowest BCUT2D eigenvalue weighted by molar-refractivity contribution is -0.122. The third-order valence-corrected chi connectivity index (χ3v) is 4.17. The average molecular weight is 349 g/mol. The van der Waals surface area contributed by atoms with Crippen molar-refractivity contribution in [3.8, 4) is 0 Å². The van der Waals surface area contributed by atoms with E-state index in [-0.39, 0.29) is 11.8 Å². The van der Waals surface area contributed by atoms with Crippen LogP contribution < -0.4 is 5.32 Å². The molecule has 138 valence electrons. The zero-order valence-electron chi connectivity index (χ0n) is 15.0. The number of ether oxygens (including phenoxy) is 2. The van der Waals surface area contributed by atoms with E-state index in [1.54, 1.807) is 14.2 Å². The van der Waals surface area contributed by atoms with Gasteiger partial charge in [-0.05, 0) is 17.7 Å². The zero-order valence-corrected chi connectivity index (χ0v) is 15.0. The lowest BCUT2D eigenvalue weighted by Gasteiger charge is -2.34. The van der Waals surface area contributed by atoms with Gasteiger partial charge in [0.25, 0.3) is 5.91 Å². The Balaban J connectivity index is 1.77. The van der Waals surface area contributed by atoms with Gasteiger partial charge in [0.15, 0.2) is 0 Å². The Morgan fingerprint density at radius 1 is 1.04 bits per heavy atom.